The normalized spacial score (nSPS) is 11.1. The van der Waals surface area contributed by atoms with Gasteiger partial charge in [-0.3, -0.25) is 14.6 Å². The van der Waals surface area contributed by atoms with Crippen molar-refractivity contribution in [1.82, 2.24) is 14.5 Å². The number of nitrogens with zero attached hydrogens (tertiary/aromatic N) is 2. The molecule has 0 fully saturated rings. The number of hydrogen-bond acceptors (Lipinski definition) is 5. The minimum absolute atomic E-state index is 0.0541. The molecule has 172 valence electrons. The number of carbonyl (C=O) groups is 1. The Morgan fingerprint density at radius 2 is 1.88 bits per heavy atom. The lowest BCUT2D eigenvalue weighted by atomic mass is 10.1. The Bertz CT molecular complexity index is 1210. The van der Waals surface area contributed by atoms with Gasteiger partial charge in [-0.05, 0) is 49.0 Å². The highest BCUT2D eigenvalue weighted by Gasteiger charge is 2.35. The van der Waals surface area contributed by atoms with Gasteiger partial charge in [0.2, 0.25) is 0 Å². The number of carboxylic acids is 1. The van der Waals surface area contributed by atoms with E-state index in [0.717, 1.165) is 19.4 Å². The van der Waals surface area contributed by atoms with Gasteiger partial charge in [0.25, 0.3) is 11.5 Å². The summed E-state index contributed by atoms with van der Waals surface area (Å²) in [6.07, 6.45) is -3.22. The topological polar surface area (TPSA) is 97.2 Å². The van der Waals surface area contributed by atoms with Gasteiger partial charge < -0.3 is 14.4 Å². The van der Waals surface area contributed by atoms with Crippen LogP contribution in [0.4, 0.5) is 13.2 Å². The van der Waals surface area contributed by atoms with E-state index in [1.807, 2.05) is 6.92 Å². The minimum Gasteiger partial charge on any atom is -0.497 e. The van der Waals surface area contributed by atoms with Crippen molar-refractivity contribution < 1.29 is 27.8 Å². The number of methoxy groups -OCH3 is 1. The van der Waals surface area contributed by atoms with Crippen LogP contribution in [0, 0.1) is 4.77 Å². The summed E-state index contributed by atoms with van der Waals surface area (Å²) in [6, 6.07) is 7.40. The number of nitrogens with one attached hydrogen (secondary N) is 1. The summed E-state index contributed by atoms with van der Waals surface area (Å²) in [7, 11) is 1.50. The van der Waals surface area contributed by atoms with Gasteiger partial charge in [-0.2, -0.15) is 13.2 Å². The van der Waals surface area contributed by atoms with E-state index < -0.39 is 28.7 Å². The molecule has 2 N–H and O–H groups in total. The molecular formula is C21H22F3N3O4S. The van der Waals surface area contributed by atoms with E-state index in [-0.39, 0.29) is 16.1 Å². The molecule has 0 aliphatic heterocycles. The first-order valence-electron chi connectivity index (χ1n) is 9.58. The Hall–Kier alpha value is -3.21. The van der Waals surface area contributed by atoms with Crippen LogP contribution in [-0.4, -0.2) is 32.7 Å². The minimum atomic E-state index is -4.72. The van der Waals surface area contributed by atoms with Gasteiger partial charge in [0.15, 0.2) is 4.77 Å². The molecule has 11 heteroatoms. The van der Waals surface area contributed by atoms with Gasteiger partial charge in [-0.25, -0.2) is 4.98 Å². The number of aromatic nitrogens is 3. The second-order valence-corrected chi connectivity index (χ2v) is 7.15. The second-order valence-electron chi connectivity index (χ2n) is 6.76. The van der Waals surface area contributed by atoms with Gasteiger partial charge in [-0.15, -0.1) is 0 Å². The summed E-state index contributed by atoms with van der Waals surface area (Å²) >= 11 is 5.18. The lowest BCUT2D eigenvalue weighted by molar-refractivity contribution is -0.136. The number of benzene rings is 1. The molecule has 0 spiro atoms. The molecule has 0 radical (unpaired) electrons. The summed E-state index contributed by atoms with van der Waals surface area (Å²) in [5, 5.41) is 6.91. The van der Waals surface area contributed by atoms with Crippen molar-refractivity contribution in [3.63, 3.8) is 0 Å². The first-order chi connectivity index (χ1) is 15.0. The second kappa shape index (κ2) is 10.4. The average molecular weight is 469 g/mol. The van der Waals surface area contributed by atoms with Gasteiger partial charge >= 0.3 is 6.18 Å². The third-order valence-corrected chi connectivity index (χ3v) is 4.70. The van der Waals surface area contributed by atoms with Crippen molar-refractivity contribution in [2.75, 3.05) is 7.11 Å². The van der Waals surface area contributed by atoms with Crippen LogP contribution < -0.4 is 10.3 Å². The molecule has 0 atom stereocenters. The number of halogens is 3. The number of unbranched alkanes of at least 4 members (excludes halogenated alkanes) is 1. The van der Waals surface area contributed by atoms with Crippen LogP contribution >= 0.6 is 12.2 Å². The smallest absolute Gasteiger partial charge is 0.417 e. The summed E-state index contributed by atoms with van der Waals surface area (Å²) in [6.45, 7) is 3.40. The summed E-state index contributed by atoms with van der Waals surface area (Å²) in [5.74, 6) is -0.261. The molecule has 0 saturated heterocycles. The summed E-state index contributed by atoms with van der Waals surface area (Å²) < 4.78 is 47.9. The molecule has 0 aliphatic rings. The highest BCUT2D eigenvalue weighted by atomic mass is 32.1. The van der Waals surface area contributed by atoms with Crippen LogP contribution in [0.5, 0.6) is 5.75 Å². The molecule has 3 aromatic rings. The van der Waals surface area contributed by atoms with Crippen molar-refractivity contribution >= 4 is 29.2 Å². The Labute approximate surface area is 186 Å². The number of aromatic amines is 1. The van der Waals surface area contributed by atoms with Crippen LogP contribution in [0.1, 0.15) is 32.3 Å². The van der Waals surface area contributed by atoms with E-state index in [4.69, 9.17) is 26.9 Å². The lowest BCUT2D eigenvalue weighted by Gasteiger charge is -2.16. The molecule has 0 bridgehead atoms. The van der Waals surface area contributed by atoms with E-state index >= 15 is 0 Å². The first kappa shape index (κ1) is 25.1. The van der Waals surface area contributed by atoms with Crippen molar-refractivity contribution in [3.05, 3.63) is 51.0 Å². The number of alkyl halides is 3. The summed E-state index contributed by atoms with van der Waals surface area (Å²) in [5.41, 5.74) is -1.42. The Morgan fingerprint density at radius 3 is 2.38 bits per heavy atom. The predicted molar refractivity (Wildman–Crippen MR) is 116 cm³/mol. The zero-order valence-corrected chi connectivity index (χ0v) is 18.4. The SMILES string of the molecule is CC(=O)O.CCCCn1c(=S)[nH]c(=O)c2c(C(F)(F)F)cc(-c3ccc(OC)cc3)nc21. The van der Waals surface area contributed by atoms with E-state index in [1.54, 1.807) is 24.3 Å². The fourth-order valence-corrected chi connectivity index (χ4v) is 3.20. The quantitative estimate of drug-likeness (QED) is 0.508. The molecule has 1 aromatic carbocycles. The third-order valence-electron chi connectivity index (χ3n) is 4.38. The number of H-pyrrole nitrogens is 1. The van der Waals surface area contributed by atoms with Crippen LogP contribution in [-0.2, 0) is 17.5 Å². The molecular weight excluding hydrogens is 447 g/mol. The maximum absolute atomic E-state index is 13.8. The van der Waals surface area contributed by atoms with Crippen LogP contribution in [0.3, 0.4) is 0 Å². The highest BCUT2D eigenvalue weighted by Crippen LogP contribution is 2.35. The van der Waals surface area contributed by atoms with Crippen LogP contribution in [0.15, 0.2) is 35.1 Å². The maximum Gasteiger partial charge on any atom is 0.417 e. The molecule has 32 heavy (non-hydrogen) atoms. The first-order valence-corrected chi connectivity index (χ1v) is 9.99. The third kappa shape index (κ3) is 5.94. The van der Waals surface area contributed by atoms with Crippen LogP contribution in [0.2, 0.25) is 0 Å². The number of pyridine rings is 1. The van der Waals surface area contributed by atoms with Crippen molar-refractivity contribution in [2.45, 2.75) is 39.4 Å². The number of rotatable bonds is 5. The molecule has 3 rings (SSSR count). The van der Waals surface area contributed by atoms with E-state index in [0.29, 0.717) is 24.3 Å². The predicted octanol–water partition coefficient (Wildman–Crippen LogP) is 5.04. The molecule has 7 nitrogen and oxygen atoms in total. The summed E-state index contributed by atoms with van der Waals surface area (Å²) in [4.78, 5) is 28.1. The molecule has 0 saturated carbocycles. The Balaban J connectivity index is 0.000000837. The highest BCUT2D eigenvalue weighted by molar-refractivity contribution is 7.71. The largest absolute Gasteiger partial charge is 0.497 e. The zero-order valence-electron chi connectivity index (χ0n) is 17.6. The number of aliphatic carboxylic acids is 1. The fourth-order valence-electron chi connectivity index (χ4n) is 2.93. The van der Waals surface area contributed by atoms with Gasteiger partial charge in [-0.1, -0.05) is 13.3 Å². The number of aryl methyl sites for hydroxylation is 1. The molecule has 0 amide bonds. The number of hydrogen-bond donors (Lipinski definition) is 2. The van der Waals surface area contributed by atoms with E-state index in [9.17, 15) is 18.0 Å². The standard InChI is InChI=1S/C19H18F3N3O2S.C2H4O2/c1-3-4-9-25-16-15(17(26)24-18(25)28)13(19(20,21)22)10-14(23-16)11-5-7-12(27-2)8-6-11;1-2(3)4/h5-8,10H,3-4,9H2,1-2H3,(H,24,26,28);1H3,(H,3,4). The van der Waals surface area contributed by atoms with Crippen LogP contribution in [0.25, 0.3) is 22.3 Å². The number of fused-ring (bicyclic) bond motifs is 1. The average Bonchev–Trinajstić information content (AvgIpc) is 2.71. The van der Waals surface area contributed by atoms with Gasteiger partial charge in [0.05, 0.1) is 23.8 Å². The molecule has 0 aliphatic carbocycles. The Kier molecular flexibility index (Phi) is 8.14. The van der Waals surface area contributed by atoms with Crippen molar-refractivity contribution in [1.29, 1.82) is 0 Å². The van der Waals surface area contributed by atoms with Crippen molar-refractivity contribution in [2.24, 2.45) is 0 Å². The molecule has 2 heterocycles. The van der Waals surface area contributed by atoms with Crippen molar-refractivity contribution in [3.8, 4) is 17.0 Å². The Morgan fingerprint density at radius 1 is 1.28 bits per heavy atom. The number of carboxylic acid groups (broad SMARTS) is 1. The molecule has 2 aromatic heterocycles. The zero-order chi connectivity index (χ0) is 24.1. The number of ether oxygens (including phenoxy) is 1. The van der Waals surface area contributed by atoms with Gasteiger partial charge in [0.1, 0.15) is 11.4 Å². The van der Waals surface area contributed by atoms with E-state index in [2.05, 4.69) is 9.97 Å². The lowest BCUT2D eigenvalue weighted by Crippen LogP contribution is -2.20. The monoisotopic (exact) mass is 469 g/mol. The maximum atomic E-state index is 13.8. The fraction of sp³-hybridized carbons (Fsp3) is 0.333. The van der Waals surface area contributed by atoms with E-state index in [1.165, 1.54) is 11.7 Å². The molecule has 0 unspecified atom stereocenters. The van der Waals surface area contributed by atoms with Gasteiger partial charge in [0, 0.05) is 19.0 Å².